The summed E-state index contributed by atoms with van der Waals surface area (Å²) in [5.41, 5.74) is 3.21. The highest BCUT2D eigenvalue weighted by Gasteiger charge is 2.28. The maximum Gasteiger partial charge on any atom is 0.410 e. The molecule has 42 heavy (non-hydrogen) atoms. The summed E-state index contributed by atoms with van der Waals surface area (Å²) in [6, 6.07) is 18.5. The monoisotopic (exact) mass is 579 g/mol. The zero-order chi connectivity index (χ0) is 28.3. The van der Waals surface area contributed by atoms with Gasteiger partial charge in [0, 0.05) is 37.1 Å². The van der Waals surface area contributed by atoms with Crippen molar-refractivity contribution >= 4 is 50.1 Å². The van der Waals surface area contributed by atoms with Crippen LogP contribution in [0.5, 0.6) is 0 Å². The Kier molecular flexibility index (Phi) is 7.40. The van der Waals surface area contributed by atoms with E-state index in [1.807, 2.05) is 41.2 Å². The fourth-order valence-electron chi connectivity index (χ4n) is 5.22. The van der Waals surface area contributed by atoms with E-state index in [0.29, 0.717) is 39.3 Å². The van der Waals surface area contributed by atoms with E-state index in [0.717, 1.165) is 44.0 Å². The van der Waals surface area contributed by atoms with Crippen LogP contribution in [-0.2, 0) is 16.0 Å². The lowest BCUT2D eigenvalue weighted by molar-refractivity contribution is 0.0156. The van der Waals surface area contributed by atoms with Crippen LogP contribution < -0.4 is 10.6 Å². The van der Waals surface area contributed by atoms with Gasteiger partial charge in [0.25, 0.3) is 0 Å². The van der Waals surface area contributed by atoms with Gasteiger partial charge in [-0.1, -0.05) is 42.2 Å². The van der Waals surface area contributed by atoms with Crippen LogP contribution in [0, 0.1) is 11.8 Å². The van der Waals surface area contributed by atoms with Gasteiger partial charge in [-0.15, -0.1) is 11.3 Å². The highest BCUT2D eigenvalue weighted by molar-refractivity contribution is 7.19. The van der Waals surface area contributed by atoms with Crippen LogP contribution in [0.25, 0.3) is 21.1 Å². The first-order valence-corrected chi connectivity index (χ1v) is 14.8. The largest absolute Gasteiger partial charge is 0.445 e. The molecular formula is C31H29N7O3S. The second-order valence-electron chi connectivity index (χ2n) is 10.3. The summed E-state index contributed by atoms with van der Waals surface area (Å²) in [5.74, 6) is 7.31. The van der Waals surface area contributed by atoms with E-state index in [1.165, 1.54) is 16.9 Å². The molecule has 0 spiro atoms. The third-order valence-electron chi connectivity index (χ3n) is 7.41. The first-order chi connectivity index (χ1) is 20.7. The number of rotatable bonds is 5. The van der Waals surface area contributed by atoms with Crippen LogP contribution in [-0.4, -0.2) is 75.7 Å². The minimum Gasteiger partial charge on any atom is -0.445 e. The molecule has 2 fully saturated rings. The van der Waals surface area contributed by atoms with E-state index in [2.05, 4.69) is 61.8 Å². The van der Waals surface area contributed by atoms with E-state index in [1.54, 1.807) is 11.2 Å². The van der Waals surface area contributed by atoms with E-state index < -0.39 is 0 Å². The molecule has 3 aromatic heterocycles. The molecule has 0 aliphatic carbocycles. The van der Waals surface area contributed by atoms with E-state index in [-0.39, 0.29) is 18.2 Å². The second kappa shape index (κ2) is 11.8. The fourth-order valence-corrected chi connectivity index (χ4v) is 6.09. The first kappa shape index (κ1) is 26.4. The number of carbonyl (C=O) groups excluding carboxylic acids is 1. The van der Waals surface area contributed by atoms with Crippen LogP contribution in [0.1, 0.15) is 16.9 Å². The summed E-state index contributed by atoms with van der Waals surface area (Å²) < 4.78 is 13.0. The molecule has 0 radical (unpaired) electrons. The molecular weight excluding hydrogens is 550 g/mol. The van der Waals surface area contributed by atoms with Crippen molar-refractivity contribution in [3.8, 4) is 11.8 Å². The van der Waals surface area contributed by atoms with Gasteiger partial charge in [0.15, 0.2) is 0 Å². The molecule has 10 nitrogen and oxygen atoms in total. The van der Waals surface area contributed by atoms with Crippen LogP contribution in [0.2, 0.25) is 0 Å². The number of hydrogen-bond donors (Lipinski definition) is 2. The van der Waals surface area contributed by atoms with Crippen LogP contribution in [0.3, 0.4) is 0 Å². The number of thiophene rings is 1. The van der Waals surface area contributed by atoms with Crippen molar-refractivity contribution in [3.63, 3.8) is 0 Å². The highest BCUT2D eigenvalue weighted by atomic mass is 32.1. The maximum atomic E-state index is 12.4. The predicted molar refractivity (Wildman–Crippen MR) is 162 cm³/mol. The van der Waals surface area contributed by atoms with Gasteiger partial charge < -0.3 is 19.7 Å². The Morgan fingerprint density at radius 3 is 2.90 bits per heavy atom. The van der Waals surface area contributed by atoms with Crippen molar-refractivity contribution in [1.82, 2.24) is 30.0 Å². The average Bonchev–Trinajstić information content (AvgIpc) is 3.76. The number of hydrogen-bond acceptors (Lipinski definition) is 9. The standard InChI is InChI=1S/C31H29N7O3S/c39-31(37-10-12-40-13-11-37)41-25-15-23(32-18-25)6-8-26-16-27-29(33-20-34-30(27)42-26)36-24-7-9-28-22(14-24)17-35-38(28)19-21-4-2-1-3-5-21/h1-5,7,9,14,16-17,20,23,25,32H,10-13,15,18-19H2,(H,33,34,36)/t23-,25+/m1/s1. The Hall–Kier alpha value is -4.50. The first-order valence-electron chi connectivity index (χ1n) is 14.0. The fraction of sp³-hybridized carbons (Fsp3) is 0.290. The van der Waals surface area contributed by atoms with E-state index in [9.17, 15) is 4.79 Å². The summed E-state index contributed by atoms with van der Waals surface area (Å²) in [6.45, 7) is 3.57. The summed E-state index contributed by atoms with van der Waals surface area (Å²) in [4.78, 5) is 24.8. The molecule has 0 saturated carbocycles. The average molecular weight is 580 g/mol. The maximum absolute atomic E-state index is 12.4. The summed E-state index contributed by atoms with van der Waals surface area (Å²) >= 11 is 1.53. The number of ether oxygens (including phenoxy) is 2. The highest BCUT2D eigenvalue weighted by Crippen LogP contribution is 2.30. The third kappa shape index (κ3) is 5.78. The molecule has 2 saturated heterocycles. The number of fused-ring (bicyclic) bond motifs is 2. The van der Waals surface area contributed by atoms with Crippen LogP contribution in [0.15, 0.2) is 67.1 Å². The minimum absolute atomic E-state index is 0.0454. The normalized spacial score (nSPS) is 18.6. The van der Waals surface area contributed by atoms with Crippen molar-refractivity contribution in [2.24, 2.45) is 0 Å². The zero-order valence-corrected chi connectivity index (χ0v) is 23.6. The molecule has 5 aromatic rings. The molecule has 2 N–H and O–H groups in total. The number of anilines is 2. The summed E-state index contributed by atoms with van der Waals surface area (Å²) in [6.07, 6.45) is 3.65. The number of morpholine rings is 1. The quantitative estimate of drug-likeness (QED) is 0.296. The molecule has 2 aromatic carbocycles. The number of carbonyl (C=O) groups is 1. The molecule has 0 unspecified atom stereocenters. The summed E-state index contributed by atoms with van der Waals surface area (Å²) in [7, 11) is 0. The number of nitrogens with zero attached hydrogens (tertiary/aromatic N) is 5. The van der Waals surface area contributed by atoms with Crippen molar-refractivity contribution in [2.75, 3.05) is 38.2 Å². The number of benzene rings is 2. The molecule has 7 rings (SSSR count). The van der Waals surface area contributed by atoms with Gasteiger partial charge in [-0.25, -0.2) is 14.8 Å². The van der Waals surface area contributed by atoms with Crippen molar-refractivity contribution in [3.05, 3.63) is 77.6 Å². The lowest BCUT2D eigenvalue weighted by Gasteiger charge is -2.27. The van der Waals surface area contributed by atoms with Crippen LogP contribution >= 0.6 is 11.3 Å². The number of amides is 1. The molecule has 212 valence electrons. The minimum atomic E-state index is -0.276. The zero-order valence-electron chi connectivity index (χ0n) is 22.8. The topological polar surface area (TPSA) is 106 Å². The molecule has 2 atom stereocenters. The van der Waals surface area contributed by atoms with Gasteiger partial charge in [0.1, 0.15) is 23.1 Å². The van der Waals surface area contributed by atoms with E-state index >= 15 is 0 Å². The molecule has 11 heteroatoms. The van der Waals surface area contributed by atoms with Gasteiger partial charge in [-0.2, -0.15) is 5.10 Å². The third-order valence-corrected chi connectivity index (χ3v) is 8.36. The molecule has 2 aliphatic heterocycles. The molecule has 2 aliphatic rings. The van der Waals surface area contributed by atoms with Crippen molar-refractivity contribution in [2.45, 2.75) is 25.1 Å². The Balaban J connectivity index is 1.02. The smallest absolute Gasteiger partial charge is 0.410 e. The summed E-state index contributed by atoms with van der Waals surface area (Å²) in [5, 5.41) is 13.4. The van der Waals surface area contributed by atoms with Gasteiger partial charge in [-0.05, 0) is 29.8 Å². The Bertz CT molecular complexity index is 1790. The number of aromatic nitrogens is 4. The SMILES string of the molecule is O=C(O[C@@H]1CN[C@H](C#Cc2cc3c(Nc4ccc5c(cnn5Cc5ccccc5)c4)ncnc3s2)C1)N1CCOCC1. The van der Waals surface area contributed by atoms with Crippen molar-refractivity contribution < 1.29 is 14.3 Å². The lowest BCUT2D eigenvalue weighted by atomic mass is 10.2. The Labute approximate surface area is 246 Å². The predicted octanol–water partition coefficient (Wildman–Crippen LogP) is 4.38. The van der Waals surface area contributed by atoms with Crippen molar-refractivity contribution in [1.29, 1.82) is 0 Å². The van der Waals surface area contributed by atoms with Gasteiger partial charge >= 0.3 is 6.09 Å². The van der Waals surface area contributed by atoms with Crippen LogP contribution in [0.4, 0.5) is 16.3 Å². The number of nitrogens with one attached hydrogen (secondary N) is 2. The second-order valence-corrected chi connectivity index (χ2v) is 11.3. The van der Waals surface area contributed by atoms with E-state index in [4.69, 9.17) is 9.47 Å². The van der Waals surface area contributed by atoms with Gasteiger partial charge in [-0.3, -0.25) is 10.00 Å². The lowest BCUT2D eigenvalue weighted by Crippen LogP contribution is -2.42. The Morgan fingerprint density at radius 2 is 2.02 bits per heavy atom. The molecule has 0 bridgehead atoms. The molecule has 1 amide bonds. The molecule has 5 heterocycles. The van der Waals surface area contributed by atoms with Gasteiger partial charge in [0.05, 0.1) is 47.8 Å². The van der Waals surface area contributed by atoms with Gasteiger partial charge in [0.2, 0.25) is 0 Å². The Morgan fingerprint density at radius 1 is 1.14 bits per heavy atom.